The van der Waals surface area contributed by atoms with Crippen molar-refractivity contribution in [1.82, 2.24) is 5.32 Å². The lowest BCUT2D eigenvalue weighted by molar-refractivity contribution is -0.122. The summed E-state index contributed by atoms with van der Waals surface area (Å²) in [7, 11) is 0. The number of ketones is 1. The fourth-order valence-electron chi connectivity index (χ4n) is 1.56. The van der Waals surface area contributed by atoms with E-state index in [9.17, 15) is 9.59 Å². The van der Waals surface area contributed by atoms with Crippen molar-refractivity contribution in [2.45, 2.75) is 33.1 Å². The van der Waals surface area contributed by atoms with Crippen molar-refractivity contribution in [1.29, 1.82) is 0 Å². The Hall–Kier alpha value is -1.02. The molecule has 0 saturated heterocycles. The number of carbonyl (C=O) groups excluding carboxylic acids is 2. The maximum absolute atomic E-state index is 11.5. The van der Waals surface area contributed by atoms with Gasteiger partial charge in [-0.05, 0) is 6.92 Å². The van der Waals surface area contributed by atoms with Crippen LogP contribution in [0.15, 0.2) is 0 Å². The average molecular weight is 333 g/mol. The monoisotopic (exact) mass is 333 g/mol. The molecule has 0 aliphatic carbocycles. The van der Waals surface area contributed by atoms with Crippen LogP contribution in [0.2, 0.25) is 0 Å². The molecule has 0 saturated carbocycles. The molecule has 0 aliphatic rings. The topological polar surface area (TPSA) is 83.1 Å². The summed E-state index contributed by atoms with van der Waals surface area (Å²) in [5.74, 6) is 0.148. The third-order valence-electron chi connectivity index (χ3n) is 2.91. The minimum atomic E-state index is -0.0562. The normalized spacial score (nSPS) is 10.7. The van der Waals surface area contributed by atoms with Crippen LogP contribution in [0.25, 0.3) is 0 Å². The Morgan fingerprint density at radius 2 is 1.30 bits per heavy atom. The molecule has 0 rings (SSSR count). The van der Waals surface area contributed by atoms with E-state index in [4.69, 9.17) is 18.9 Å². The SMILES string of the molecule is CCOCCOCCC(=O)NCCOCCOCCC(=O)CC. The van der Waals surface area contributed by atoms with Gasteiger partial charge in [-0.3, -0.25) is 9.59 Å². The van der Waals surface area contributed by atoms with E-state index in [1.54, 1.807) is 0 Å². The molecule has 0 aromatic rings. The lowest BCUT2D eigenvalue weighted by Gasteiger charge is -2.07. The molecular weight excluding hydrogens is 302 g/mol. The van der Waals surface area contributed by atoms with E-state index in [1.807, 2.05) is 13.8 Å². The van der Waals surface area contributed by atoms with Gasteiger partial charge in [0.2, 0.25) is 5.91 Å². The molecule has 0 atom stereocenters. The second-order valence-corrected chi connectivity index (χ2v) is 4.78. The fourth-order valence-corrected chi connectivity index (χ4v) is 1.56. The van der Waals surface area contributed by atoms with Crippen molar-refractivity contribution in [2.75, 3.05) is 59.4 Å². The quantitative estimate of drug-likeness (QED) is 0.399. The highest BCUT2D eigenvalue weighted by atomic mass is 16.5. The Morgan fingerprint density at radius 3 is 1.91 bits per heavy atom. The van der Waals surface area contributed by atoms with Crippen molar-refractivity contribution in [3.63, 3.8) is 0 Å². The smallest absolute Gasteiger partial charge is 0.222 e. The summed E-state index contributed by atoms with van der Waals surface area (Å²) < 4.78 is 21.0. The van der Waals surface area contributed by atoms with E-state index in [1.165, 1.54) is 0 Å². The van der Waals surface area contributed by atoms with Gasteiger partial charge < -0.3 is 24.3 Å². The van der Waals surface area contributed by atoms with Crippen LogP contribution in [0.1, 0.15) is 33.1 Å². The minimum absolute atomic E-state index is 0.0562. The van der Waals surface area contributed by atoms with Crippen molar-refractivity contribution < 1.29 is 28.5 Å². The Morgan fingerprint density at radius 1 is 0.739 bits per heavy atom. The van der Waals surface area contributed by atoms with Gasteiger partial charge in [0, 0.05) is 32.4 Å². The van der Waals surface area contributed by atoms with Crippen molar-refractivity contribution in [3.8, 4) is 0 Å². The second kappa shape index (κ2) is 17.3. The van der Waals surface area contributed by atoms with Gasteiger partial charge in [-0.1, -0.05) is 6.92 Å². The predicted molar refractivity (Wildman–Crippen MR) is 86.5 cm³/mol. The molecular formula is C16H31NO6. The van der Waals surface area contributed by atoms with E-state index in [2.05, 4.69) is 5.32 Å². The molecule has 0 radical (unpaired) electrons. The summed E-state index contributed by atoms with van der Waals surface area (Å²) in [5.41, 5.74) is 0. The van der Waals surface area contributed by atoms with Crippen LogP contribution in [-0.2, 0) is 28.5 Å². The first-order valence-electron chi connectivity index (χ1n) is 8.30. The van der Waals surface area contributed by atoms with Gasteiger partial charge >= 0.3 is 0 Å². The standard InChI is InChI=1S/C16H31NO6/c1-3-15(18)5-8-21-13-14-23-10-7-17-16(19)6-9-22-12-11-20-4-2/h3-14H2,1-2H3,(H,17,19). The van der Waals surface area contributed by atoms with E-state index in [-0.39, 0.29) is 11.7 Å². The molecule has 0 unspecified atom stereocenters. The third kappa shape index (κ3) is 17.2. The lowest BCUT2D eigenvalue weighted by Crippen LogP contribution is -2.28. The molecule has 7 nitrogen and oxygen atoms in total. The van der Waals surface area contributed by atoms with Crippen molar-refractivity contribution >= 4 is 11.7 Å². The summed E-state index contributed by atoms with van der Waals surface area (Å²) >= 11 is 0. The molecule has 136 valence electrons. The molecule has 0 aromatic heterocycles. The van der Waals surface area contributed by atoms with Gasteiger partial charge in [0.15, 0.2) is 0 Å². The number of Topliss-reactive ketones (excluding diaryl/α,β-unsaturated/α-hetero) is 1. The molecule has 0 heterocycles. The molecule has 23 heavy (non-hydrogen) atoms. The fraction of sp³-hybridized carbons (Fsp3) is 0.875. The maximum atomic E-state index is 11.5. The Bertz CT molecular complexity index is 298. The van der Waals surface area contributed by atoms with Crippen LogP contribution < -0.4 is 5.32 Å². The first-order chi connectivity index (χ1) is 11.2. The molecule has 7 heteroatoms. The first kappa shape index (κ1) is 22.0. The highest BCUT2D eigenvalue weighted by Crippen LogP contribution is 1.90. The number of hydrogen-bond acceptors (Lipinski definition) is 6. The highest BCUT2D eigenvalue weighted by molar-refractivity contribution is 5.78. The highest BCUT2D eigenvalue weighted by Gasteiger charge is 2.01. The second-order valence-electron chi connectivity index (χ2n) is 4.78. The van der Waals surface area contributed by atoms with Gasteiger partial charge in [-0.2, -0.15) is 0 Å². The minimum Gasteiger partial charge on any atom is -0.379 e. The zero-order chi connectivity index (χ0) is 17.2. The lowest BCUT2D eigenvalue weighted by atomic mass is 10.2. The summed E-state index contributed by atoms with van der Waals surface area (Å²) in [6.07, 6.45) is 1.34. The number of amides is 1. The zero-order valence-electron chi connectivity index (χ0n) is 14.4. The predicted octanol–water partition coefficient (Wildman–Crippen LogP) is 0.948. The van der Waals surface area contributed by atoms with E-state index in [0.29, 0.717) is 78.7 Å². The number of nitrogens with one attached hydrogen (secondary N) is 1. The molecule has 1 N–H and O–H groups in total. The van der Waals surface area contributed by atoms with Crippen LogP contribution in [-0.4, -0.2) is 71.1 Å². The molecule has 0 aliphatic heterocycles. The van der Waals surface area contributed by atoms with E-state index >= 15 is 0 Å². The summed E-state index contributed by atoms with van der Waals surface area (Å²) in [4.78, 5) is 22.5. The molecule has 1 amide bonds. The molecule has 0 bridgehead atoms. The van der Waals surface area contributed by atoms with Gasteiger partial charge in [0.1, 0.15) is 5.78 Å². The first-order valence-corrected chi connectivity index (χ1v) is 8.30. The molecule has 0 spiro atoms. The van der Waals surface area contributed by atoms with Gasteiger partial charge in [-0.25, -0.2) is 0 Å². The van der Waals surface area contributed by atoms with Crippen LogP contribution in [0.3, 0.4) is 0 Å². The van der Waals surface area contributed by atoms with E-state index < -0.39 is 0 Å². The Labute approximate surface area is 139 Å². The zero-order valence-corrected chi connectivity index (χ0v) is 14.4. The van der Waals surface area contributed by atoms with Crippen molar-refractivity contribution in [3.05, 3.63) is 0 Å². The molecule has 0 fully saturated rings. The van der Waals surface area contributed by atoms with Crippen molar-refractivity contribution in [2.24, 2.45) is 0 Å². The summed E-state index contributed by atoms with van der Waals surface area (Å²) in [5, 5.41) is 2.75. The van der Waals surface area contributed by atoms with Gasteiger partial charge in [0.25, 0.3) is 0 Å². The Balaban J connectivity index is 3.19. The van der Waals surface area contributed by atoms with Crippen LogP contribution in [0, 0.1) is 0 Å². The number of rotatable bonds is 17. The maximum Gasteiger partial charge on any atom is 0.222 e. The summed E-state index contributed by atoms with van der Waals surface area (Å²) in [6, 6.07) is 0. The Kier molecular flexibility index (Phi) is 16.6. The number of ether oxygens (including phenoxy) is 4. The van der Waals surface area contributed by atoms with E-state index in [0.717, 1.165) is 0 Å². The number of hydrogen-bond donors (Lipinski definition) is 1. The van der Waals surface area contributed by atoms with Crippen LogP contribution >= 0.6 is 0 Å². The van der Waals surface area contributed by atoms with Crippen LogP contribution in [0.5, 0.6) is 0 Å². The largest absolute Gasteiger partial charge is 0.379 e. The van der Waals surface area contributed by atoms with Crippen LogP contribution in [0.4, 0.5) is 0 Å². The van der Waals surface area contributed by atoms with Gasteiger partial charge in [-0.15, -0.1) is 0 Å². The average Bonchev–Trinajstić information content (AvgIpc) is 2.56. The third-order valence-corrected chi connectivity index (χ3v) is 2.91. The summed E-state index contributed by atoms with van der Waals surface area (Å²) in [6.45, 7) is 8.15. The van der Waals surface area contributed by atoms with Gasteiger partial charge in [0.05, 0.1) is 46.2 Å². The molecule has 0 aromatic carbocycles. The number of carbonyl (C=O) groups is 2.